The molecule has 0 unspecified atom stereocenters. The highest BCUT2D eigenvalue weighted by molar-refractivity contribution is 6.38. The van der Waals surface area contributed by atoms with Crippen molar-refractivity contribution in [3.05, 3.63) is 57.6 Å². The van der Waals surface area contributed by atoms with Crippen LogP contribution in [0.5, 0.6) is 5.75 Å². The lowest BCUT2D eigenvalue weighted by Crippen LogP contribution is -2.41. The molecule has 1 fully saturated rings. The Hall–Kier alpha value is -1.79. The Balaban J connectivity index is 1.58. The second-order valence-corrected chi connectivity index (χ2v) is 8.45. The Morgan fingerprint density at radius 3 is 2.38 bits per heavy atom. The molecular weight excluding hydrogens is 413 g/mol. The van der Waals surface area contributed by atoms with E-state index in [9.17, 15) is 4.79 Å². The number of ether oxygens (including phenoxy) is 3. The van der Waals surface area contributed by atoms with Gasteiger partial charge in [0.05, 0.1) is 47.7 Å². The first-order chi connectivity index (χ1) is 13.9. The van der Waals surface area contributed by atoms with E-state index in [0.717, 1.165) is 17.7 Å². The third kappa shape index (κ3) is 3.73. The van der Waals surface area contributed by atoms with E-state index in [1.54, 1.807) is 17.0 Å². The second kappa shape index (κ2) is 8.15. The zero-order valence-corrected chi connectivity index (χ0v) is 17.9. The van der Waals surface area contributed by atoms with Crippen LogP contribution in [0.1, 0.15) is 31.4 Å². The summed E-state index contributed by atoms with van der Waals surface area (Å²) in [6.07, 6.45) is 1.00. The number of fused-ring (bicyclic) bond motifs is 2. The summed E-state index contributed by atoms with van der Waals surface area (Å²) in [7, 11) is 0. The van der Waals surface area contributed by atoms with E-state index in [0.29, 0.717) is 53.6 Å². The van der Waals surface area contributed by atoms with Gasteiger partial charge in [-0.2, -0.15) is 0 Å². The molecule has 154 valence electrons. The van der Waals surface area contributed by atoms with Crippen molar-refractivity contribution in [3.8, 4) is 5.75 Å². The fraction of sp³-hybridized carbons (Fsp3) is 0.409. The van der Waals surface area contributed by atoms with Crippen LogP contribution in [0.15, 0.2) is 36.4 Å². The molecule has 1 spiro atoms. The van der Waals surface area contributed by atoms with E-state index < -0.39 is 5.79 Å². The smallest absolute Gasteiger partial charge is 0.292 e. The summed E-state index contributed by atoms with van der Waals surface area (Å²) in [4.78, 5) is 14.9. The van der Waals surface area contributed by atoms with E-state index in [-0.39, 0.29) is 5.91 Å². The monoisotopic (exact) mass is 435 g/mol. The molecule has 0 aliphatic carbocycles. The number of benzene rings is 2. The van der Waals surface area contributed by atoms with Crippen LogP contribution < -0.4 is 9.64 Å². The fourth-order valence-corrected chi connectivity index (χ4v) is 4.16. The molecule has 0 atom stereocenters. The summed E-state index contributed by atoms with van der Waals surface area (Å²) in [5.41, 5.74) is 1.97. The summed E-state index contributed by atoms with van der Waals surface area (Å²) in [5, 5.41) is 0.832. The van der Waals surface area contributed by atoms with Gasteiger partial charge in [-0.05, 0) is 42.2 Å². The molecule has 0 bridgehead atoms. The molecule has 2 heterocycles. The molecule has 5 nitrogen and oxygen atoms in total. The Kier molecular flexibility index (Phi) is 5.76. The quantitative estimate of drug-likeness (QED) is 0.628. The number of hydrogen-bond acceptors (Lipinski definition) is 4. The van der Waals surface area contributed by atoms with Gasteiger partial charge in [-0.15, -0.1) is 0 Å². The average Bonchev–Trinajstić information content (AvgIpc) is 3.27. The van der Waals surface area contributed by atoms with Crippen LogP contribution in [-0.2, 0) is 26.6 Å². The van der Waals surface area contributed by atoms with Gasteiger partial charge >= 0.3 is 0 Å². The van der Waals surface area contributed by atoms with Crippen molar-refractivity contribution in [2.24, 2.45) is 5.92 Å². The number of amides is 1. The fourth-order valence-electron chi connectivity index (χ4n) is 3.62. The van der Waals surface area contributed by atoms with Gasteiger partial charge in [-0.3, -0.25) is 4.79 Å². The summed E-state index contributed by atoms with van der Waals surface area (Å²) >= 11 is 12.9. The minimum Gasteiger partial charge on any atom is -0.494 e. The van der Waals surface area contributed by atoms with Gasteiger partial charge in [0, 0.05) is 0 Å². The maximum atomic E-state index is 13.3. The standard InChI is InChI=1S/C22H23Cl2NO4/c1-14(2)9-10-27-16-5-3-15(4-6-16)13-25-20-18(24)8-7-17(23)19(20)22(21(25)26)28-11-12-29-22/h3-8,14H,9-13H2,1-2H3. The van der Waals surface area contributed by atoms with Gasteiger partial charge < -0.3 is 19.1 Å². The Morgan fingerprint density at radius 2 is 1.72 bits per heavy atom. The van der Waals surface area contributed by atoms with Crippen LogP contribution in [0.4, 0.5) is 5.69 Å². The predicted octanol–water partition coefficient (Wildman–Crippen LogP) is 5.16. The first-order valence-electron chi connectivity index (χ1n) is 9.72. The third-order valence-electron chi connectivity index (χ3n) is 5.13. The second-order valence-electron chi connectivity index (χ2n) is 7.63. The maximum absolute atomic E-state index is 13.3. The number of hydrogen-bond donors (Lipinski definition) is 0. The van der Waals surface area contributed by atoms with Gasteiger partial charge in [-0.1, -0.05) is 49.2 Å². The maximum Gasteiger partial charge on any atom is 0.292 e. The van der Waals surface area contributed by atoms with Crippen molar-refractivity contribution < 1.29 is 19.0 Å². The molecule has 2 aromatic rings. The van der Waals surface area contributed by atoms with Gasteiger partial charge in [0.15, 0.2) is 0 Å². The summed E-state index contributed by atoms with van der Waals surface area (Å²) in [6, 6.07) is 11.1. The highest BCUT2D eigenvalue weighted by atomic mass is 35.5. The zero-order chi connectivity index (χ0) is 20.6. The van der Waals surface area contributed by atoms with Gasteiger partial charge in [-0.25, -0.2) is 0 Å². The molecule has 1 saturated heterocycles. The molecule has 2 aromatic carbocycles. The molecular formula is C22H23Cl2NO4. The number of carbonyl (C=O) groups excluding carboxylic acids is 1. The van der Waals surface area contributed by atoms with Gasteiger partial charge in [0.25, 0.3) is 11.7 Å². The molecule has 2 aliphatic heterocycles. The van der Waals surface area contributed by atoms with Crippen molar-refractivity contribution >= 4 is 34.8 Å². The van der Waals surface area contributed by atoms with E-state index in [4.69, 9.17) is 37.4 Å². The summed E-state index contributed by atoms with van der Waals surface area (Å²) in [6.45, 7) is 5.99. The first kappa shape index (κ1) is 20.5. The average molecular weight is 436 g/mol. The van der Waals surface area contributed by atoms with Crippen LogP contribution >= 0.6 is 23.2 Å². The Labute approximate surface area is 180 Å². The minimum atomic E-state index is -1.50. The number of rotatable bonds is 6. The van der Waals surface area contributed by atoms with E-state index in [1.165, 1.54) is 0 Å². The molecule has 0 radical (unpaired) electrons. The SMILES string of the molecule is CC(C)CCOc1ccc(CN2C(=O)C3(OCCO3)c3c(Cl)ccc(Cl)c32)cc1. The lowest BCUT2D eigenvalue weighted by molar-refractivity contribution is -0.180. The largest absolute Gasteiger partial charge is 0.494 e. The number of halogens is 2. The van der Waals surface area contributed by atoms with Crippen LogP contribution in [0.25, 0.3) is 0 Å². The normalized spacial score (nSPS) is 17.4. The molecule has 29 heavy (non-hydrogen) atoms. The molecule has 7 heteroatoms. The molecule has 0 aromatic heterocycles. The van der Waals surface area contributed by atoms with Crippen molar-refractivity contribution in [2.75, 3.05) is 24.7 Å². The molecule has 2 aliphatic rings. The van der Waals surface area contributed by atoms with Crippen LogP contribution in [-0.4, -0.2) is 25.7 Å². The van der Waals surface area contributed by atoms with Crippen LogP contribution in [0, 0.1) is 5.92 Å². The molecule has 4 rings (SSSR count). The lowest BCUT2D eigenvalue weighted by atomic mass is 10.1. The summed E-state index contributed by atoms with van der Waals surface area (Å²) in [5.74, 6) is -0.406. The van der Waals surface area contributed by atoms with Gasteiger partial charge in [0.1, 0.15) is 5.75 Å². The molecule has 0 saturated carbocycles. The van der Waals surface area contributed by atoms with E-state index >= 15 is 0 Å². The van der Waals surface area contributed by atoms with Gasteiger partial charge in [0.2, 0.25) is 0 Å². The van der Waals surface area contributed by atoms with Crippen molar-refractivity contribution in [3.63, 3.8) is 0 Å². The number of carbonyl (C=O) groups is 1. The van der Waals surface area contributed by atoms with Crippen molar-refractivity contribution in [1.29, 1.82) is 0 Å². The lowest BCUT2D eigenvalue weighted by Gasteiger charge is -2.22. The van der Waals surface area contributed by atoms with Crippen LogP contribution in [0.3, 0.4) is 0 Å². The Bertz CT molecular complexity index is 908. The zero-order valence-electron chi connectivity index (χ0n) is 16.4. The molecule has 1 amide bonds. The Morgan fingerprint density at radius 1 is 1.07 bits per heavy atom. The number of anilines is 1. The van der Waals surface area contributed by atoms with Crippen molar-refractivity contribution in [2.45, 2.75) is 32.6 Å². The van der Waals surface area contributed by atoms with Crippen LogP contribution in [0.2, 0.25) is 10.0 Å². The first-order valence-corrected chi connectivity index (χ1v) is 10.5. The van der Waals surface area contributed by atoms with Crippen molar-refractivity contribution in [1.82, 2.24) is 0 Å². The predicted molar refractivity (Wildman–Crippen MR) is 113 cm³/mol. The highest BCUT2D eigenvalue weighted by Crippen LogP contribution is 2.52. The third-order valence-corrected chi connectivity index (χ3v) is 5.75. The molecule has 0 N–H and O–H groups in total. The topological polar surface area (TPSA) is 48.0 Å². The van der Waals surface area contributed by atoms with E-state index in [2.05, 4.69) is 13.8 Å². The number of nitrogens with zero attached hydrogens (tertiary/aromatic N) is 1. The summed E-state index contributed by atoms with van der Waals surface area (Å²) < 4.78 is 17.3. The minimum absolute atomic E-state index is 0.308. The highest BCUT2D eigenvalue weighted by Gasteiger charge is 2.57. The van der Waals surface area contributed by atoms with E-state index in [1.807, 2.05) is 24.3 Å².